The van der Waals surface area contributed by atoms with Gasteiger partial charge in [0.05, 0.1) is 5.56 Å². The number of anilines is 1. The van der Waals surface area contributed by atoms with Gasteiger partial charge in [0.1, 0.15) is 11.5 Å². The molecule has 2 aromatic rings. The summed E-state index contributed by atoms with van der Waals surface area (Å²) in [5.74, 6) is -0.267. The van der Waals surface area contributed by atoms with Crippen molar-refractivity contribution >= 4 is 27.5 Å². The molecule has 4 nitrogen and oxygen atoms in total. The van der Waals surface area contributed by atoms with Gasteiger partial charge in [-0.25, -0.2) is 0 Å². The van der Waals surface area contributed by atoms with Gasteiger partial charge in [0, 0.05) is 17.2 Å². The number of rotatable bonds is 2. The van der Waals surface area contributed by atoms with Gasteiger partial charge in [0.2, 0.25) is 0 Å². The minimum atomic E-state index is -0.323. The summed E-state index contributed by atoms with van der Waals surface area (Å²) in [4.78, 5) is 13.7. The van der Waals surface area contributed by atoms with E-state index in [2.05, 4.69) is 15.9 Å². The molecule has 1 amide bonds. The van der Waals surface area contributed by atoms with Gasteiger partial charge >= 0.3 is 0 Å². The van der Waals surface area contributed by atoms with Crippen LogP contribution in [0, 0.1) is 0 Å². The molecule has 98 valence electrons. The lowest BCUT2D eigenvalue weighted by Crippen LogP contribution is -2.26. The predicted molar refractivity (Wildman–Crippen MR) is 76.6 cm³/mol. The highest BCUT2D eigenvalue weighted by molar-refractivity contribution is 9.10. The molecule has 0 fully saturated rings. The Bertz CT molecular complexity index is 611. The van der Waals surface area contributed by atoms with E-state index in [0.717, 1.165) is 0 Å². The second kappa shape index (κ2) is 5.32. The monoisotopic (exact) mass is 321 g/mol. The molecule has 0 aromatic heterocycles. The maximum absolute atomic E-state index is 12.3. The van der Waals surface area contributed by atoms with Crippen LogP contribution < -0.4 is 4.90 Å². The van der Waals surface area contributed by atoms with Crippen molar-refractivity contribution in [1.29, 1.82) is 0 Å². The minimum absolute atomic E-state index is 0.0787. The summed E-state index contributed by atoms with van der Waals surface area (Å²) in [6.07, 6.45) is 0. The average Bonchev–Trinajstić information content (AvgIpc) is 2.38. The van der Waals surface area contributed by atoms with E-state index in [4.69, 9.17) is 0 Å². The predicted octanol–water partition coefficient (Wildman–Crippen LogP) is 3.14. The van der Waals surface area contributed by atoms with E-state index in [0.29, 0.717) is 10.2 Å². The number of carbonyl (C=O) groups excluding carboxylic acids is 1. The highest BCUT2D eigenvalue weighted by atomic mass is 79.9. The summed E-state index contributed by atoms with van der Waals surface area (Å²) in [5.41, 5.74) is 0.851. The van der Waals surface area contributed by atoms with Crippen molar-refractivity contribution < 1.29 is 15.0 Å². The first-order valence-electron chi connectivity index (χ1n) is 5.54. The molecule has 0 bridgehead atoms. The topological polar surface area (TPSA) is 60.8 Å². The lowest BCUT2D eigenvalue weighted by Gasteiger charge is -2.18. The molecule has 0 unspecified atom stereocenters. The van der Waals surface area contributed by atoms with Crippen LogP contribution in [-0.4, -0.2) is 23.2 Å². The van der Waals surface area contributed by atoms with Crippen LogP contribution in [0.1, 0.15) is 10.4 Å². The van der Waals surface area contributed by atoms with Gasteiger partial charge in [0.15, 0.2) is 0 Å². The highest BCUT2D eigenvalue weighted by Gasteiger charge is 2.17. The number of aromatic hydroxyl groups is 2. The van der Waals surface area contributed by atoms with Crippen LogP contribution in [0.4, 0.5) is 5.69 Å². The zero-order valence-corrected chi connectivity index (χ0v) is 11.8. The summed E-state index contributed by atoms with van der Waals surface area (Å²) in [6.45, 7) is 0. The summed E-state index contributed by atoms with van der Waals surface area (Å²) in [7, 11) is 1.61. The molecule has 0 aliphatic rings. The highest BCUT2D eigenvalue weighted by Crippen LogP contribution is 2.25. The van der Waals surface area contributed by atoms with E-state index in [1.165, 1.54) is 23.1 Å². The van der Waals surface area contributed by atoms with Gasteiger partial charge in [-0.3, -0.25) is 4.79 Å². The van der Waals surface area contributed by atoms with Gasteiger partial charge in [0.25, 0.3) is 5.91 Å². The third kappa shape index (κ3) is 2.88. The van der Waals surface area contributed by atoms with Crippen molar-refractivity contribution in [2.45, 2.75) is 0 Å². The van der Waals surface area contributed by atoms with Crippen LogP contribution in [0.15, 0.2) is 46.9 Å². The van der Waals surface area contributed by atoms with Crippen molar-refractivity contribution in [3.8, 4) is 11.5 Å². The molecule has 0 saturated heterocycles. The molecule has 19 heavy (non-hydrogen) atoms. The van der Waals surface area contributed by atoms with Crippen LogP contribution in [0.3, 0.4) is 0 Å². The van der Waals surface area contributed by atoms with E-state index in [-0.39, 0.29) is 23.0 Å². The van der Waals surface area contributed by atoms with E-state index < -0.39 is 0 Å². The number of amides is 1. The number of benzene rings is 2. The molecule has 0 aliphatic carbocycles. The molecule has 5 heteroatoms. The van der Waals surface area contributed by atoms with E-state index in [9.17, 15) is 15.0 Å². The fraction of sp³-hybridized carbons (Fsp3) is 0.0714. The smallest absolute Gasteiger partial charge is 0.261 e. The van der Waals surface area contributed by atoms with E-state index in [1.807, 2.05) is 0 Å². The molecular formula is C14H12BrNO3. The standard InChI is InChI=1S/C14H12BrNO3/c1-16(10-3-5-11(17)6-4-10)14(19)12-7-2-9(15)8-13(12)18/h2-8,17-18H,1H3. The fourth-order valence-electron chi connectivity index (χ4n) is 1.66. The zero-order chi connectivity index (χ0) is 14.0. The second-order valence-electron chi connectivity index (χ2n) is 4.04. The second-order valence-corrected chi connectivity index (χ2v) is 4.96. The Kier molecular flexibility index (Phi) is 3.76. The Labute approximate surface area is 119 Å². The summed E-state index contributed by atoms with van der Waals surface area (Å²) in [5, 5.41) is 19.0. The van der Waals surface area contributed by atoms with Gasteiger partial charge in [-0.15, -0.1) is 0 Å². The largest absolute Gasteiger partial charge is 0.508 e. The third-order valence-corrected chi connectivity index (χ3v) is 3.23. The van der Waals surface area contributed by atoms with Crippen LogP contribution in [0.5, 0.6) is 11.5 Å². The first kappa shape index (κ1) is 13.4. The van der Waals surface area contributed by atoms with Crippen molar-refractivity contribution in [1.82, 2.24) is 0 Å². The molecule has 0 radical (unpaired) electrons. The van der Waals surface area contributed by atoms with Gasteiger partial charge in [-0.05, 0) is 42.5 Å². The number of phenolic OH excluding ortho intramolecular Hbond substituents is 2. The molecule has 0 aliphatic heterocycles. The lowest BCUT2D eigenvalue weighted by atomic mass is 10.1. The Morgan fingerprint density at radius 1 is 1.11 bits per heavy atom. The Hall–Kier alpha value is -2.01. The van der Waals surface area contributed by atoms with E-state index >= 15 is 0 Å². The SMILES string of the molecule is CN(C(=O)c1ccc(Br)cc1O)c1ccc(O)cc1. The third-order valence-electron chi connectivity index (χ3n) is 2.73. The molecule has 0 saturated carbocycles. The van der Waals surface area contributed by atoms with Crippen molar-refractivity contribution in [2.75, 3.05) is 11.9 Å². The summed E-state index contributed by atoms with van der Waals surface area (Å²) >= 11 is 3.22. The van der Waals surface area contributed by atoms with Gasteiger partial charge in [-0.1, -0.05) is 15.9 Å². The van der Waals surface area contributed by atoms with Crippen LogP contribution in [0.2, 0.25) is 0 Å². The van der Waals surface area contributed by atoms with E-state index in [1.54, 1.807) is 31.3 Å². The maximum atomic E-state index is 12.3. The quantitative estimate of drug-likeness (QED) is 0.893. The first-order chi connectivity index (χ1) is 8.99. The van der Waals surface area contributed by atoms with Crippen molar-refractivity contribution in [3.05, 3.63) is 52.5 Å². The first-order valence-corrected chi connectivity index (χ1v) is 6.34. The number of hydrogen-bond donors (Lipinski definition) is 2. The number of hydrogen-bond acceptors (Lipinski definition) is 3. The van der Waals surface area contributed by atoms with Gasteiger partial charge < -0.3 is 15.1 Å². The summed E-state index contributed by atoms with van der Waals surface area (Å²) < 4.78 is 0.703. The Morgan fingerprint density at radius 2 is 1.74 bits per heavy atom. The Balaban J connectivity index is 2.30. The zero-order valence-electron chi connectivity index (χ0n) is 10.2. The molecule has 2 N–H and O–H groups in total. The lowest BCUT2D eigenvalue weighted by molar-refractivity contribution is 0.0990. The molecule has 0 atom stereocenters. The van der Waals surface area contributed by atoms with Crippen molar-refractivity contribution in [2.24, 2.45) is 0 Å². The summed E-state index contributed by atoms with van der Waals surface area (Å²) in [6, 6.07) is 11.0. The fourth-order valence-corrected chi connectivity index (χ4v) is 2.01. The molecular weight excluding hydrogens is 310 g/mol. The number of nitrogens with zero attached hydrogens (tertiary/aromatic N) is 1. The number of carbonyl (C=O) groups is 1. The average molecular weight is 322 g/mol. The van der Waals surface area contributed by atoms with Crippen LogP contribution in [-0.2, 0) is 0 Å². The molecule has 0 spiro atoms. The van der Waals surface area contributed by atoms with Crippen LogP contribution in [0.25, 0.3) is 0 Å². The van der Waals surface area contributed by atoms with Crippen LogP contribution >= 0.6 is 15.9 Å². The van der Waals surface area contributed by atoms with Crippen molar-refractivity contribution in [3.63, 3.8) is 0 Å². The molecule has 2 rings (SSSR count). The number of halogens is 1. The molecule has 2 aromatic carbocycles. The minimum Gasteiger partial charge on any atom is -0.508 e. The normalized spacial score (nSPS) is 10.2. The van der Waals surface area contributed by atoms with Gasteiger partial charge in [-0.2, -0.15) is 0 Å². The molecule has 0 heterocycles. The number of phenols is 2. The Morgan fingerprint density at radius 3 is 2.32 bits per heavy atom. The maximum Gasteiger partial charge on any atom is 0.261 e.